The number of carbonyl (C=O) groups is 3. The molecule has 12 atom stereocenters. The fourth-order valence-corrected chi connectivity index (χ4v) is 13.6. The zero-order valence-corrected chi connectivity index (χ0v) is 31.0. The van der Waals surface area contributed by atoms with E-state index in [1.807, 2.05) is 26.8 Å². The number of nitrogens with one attached hydrogen (secondary N) is 2. The maximum Gasteiger partial charge on any atom is 0.339 e. The van der Waals surface area contributed by atoms with Crippen molar-refractivity contribution in [1.29, 1.82) is 0 Å². The molecule has 52 heavy (non-hydrogen) atoms. The summed E-state index contributed by atoms with van der Waals surface area (Å²) in [5, 5.41) is 29.6. The van der Waals surface area contributed by atoms with Gasteiger partial charge in [-0.3, -0.25) is 9.59 Å². The predicted octanol–water partition coefficient (Wildman–Crippen LogP) is 3.51. The van der Waals surface area contributed by atoms with E-state index < -0.39 is 69.2 Å². The first-order valence-electron chi connectivity index (χ1n) is 19.9. The summed E-state index contributed by atoms with van der Waals surface area (Å²) in [6.07, 6.45) is 6.67. The van der Waals surface area contributed by atoms with Gasteiger partial charge in [-0.2, -0.15) is 0 Å². The zero-order chi connectivity index (χ0) is 36.5. The molecule has 0 aromatic carbocycles. The van der Waals surface area contributed by atoms with E-state index in [0.29, 0.717) is 43.9 Å². The number of rotatable bonds is 9. The summed E-state index contributed by atoms with van der Waals surface area (Å²) in [5.41, 5.74) is -5.14. The van der Waals surface area contributed by atoms with Crippen molar-refractivity contribution in [2.75, 3.05) is 26.4 Å². The molecule has 3 saturated carbocycles. The molecule has 4 N–H and O–H groups in total. The Morgan fingerprint density at radius 1 is 1.02 bits per heavy atom. The van der Waals surface area contributed by atoms with Gasteiger partial charge in [-0.25, -0.2) is 4.79 Å². The number of epoxide rings is 1. The van der Waals surface area contributed by atoms with Gasteiger partial charge in [-0.15, -0.1) is 0 Å². The first-order valence-corrected chi connectivity index (χ1v) is 19.9. The van der Waals surface area contributed by atoms with Crippen LogP contribution in [0.4, 0.5) is 0 Å². The zero-order valence-electron chi connectivity index (χ0n) is 31.0. The van der Waals surface area contributed by atoms with Crippen molar-refractivity contribution in [3.8, 4) is 0 Å². The molecule has 0 radical (unpaired) electrons. The van der Waals surface area contributed by atoms with Gasteiger partial charge in [0.25, 0.3) is 0 Å². The number of aliphatic hydroxyl groups excluding tert-OH is 2. The molecule has 286 valence electrons. The number of unbranched alkanes of at least 4 members (excludes halogenated alkanes) is 1. The van der Waals surface area contributed by atoms with Crippen LogP contribution in [0.5, 0.6) is 0 Å². The van der Waals surface area contributed by atoms with Crippen LogP contribution in [0.1, 0.15) is 109 Å². The average molecular weight is 725 g/mol. The minimum atomic E-state index is -1.43. The highest BCUT2D eigenvalue weighted by atomic mass is 16.7. The van der Waals surface area contributed by atoms with Crippen LogP contribution in [0.2, 0.25) is 0 Å². The van der Waals surface area contributed by atoms with Crippen LogP contribution in [-0.4, -0.2) is 89.9 Å². The normalized spacial score (nSPS) is 45.7. The lowest BCUT2D eigenvalue weighted by molar-refractivity contribution is -0.264. The van der Waals surface area contributed by atoms with Crippen molar-refractivity contribution < 1.29 is 48.0 Å². The molecule has 5 aliphatic heterocycles. The highest BCUT2D eigenvalue weighted by molar-refractivity contribution is 5.92. The maximum atomic E-state index is 14.9. The van der Waals surface area contributed by atoms with Gasteiger partial charge < -0.3 is 44.2 Å². The van der Waals surface area contributed by atoms with E-state index in [-0.39, 0.29) is 36.8 Å². The van der Waals surface area contributed by atoms with Crippen molar-refractivity contribution in [3.05, 3.63) is 23.7 Å². The molecule has 1 aromatic heterocycles. The number of aliphatic hydroxyl groups is 2. The second-order valence-corrected chi connectivity index (χ2v) is 18.6. The minimum absolute atomic E-state index is 0.0170. The van der Waals surface area contributed by atoms with Crippen molar-refractivity contribution >= 4 is 17.7 Å². The third kappa shape index (κ3) is 4.34. The Bertz CT molecular complexity index is 1630. The summed E-state index contributed by atoms with van der Waals surface area (Å²) in [6, 6.07) is 2.35. The molecule has 12 unspecified atom stereocenters. The number of fused-ring (bicyclic) bond motifs is 2. The number of ether oxygens (including phenoxy) is 4. The molecule has 0 amide bonds. The van der Waals surface area contributed by atoms with Gasteiger partial charge in [0.2, 0.25) is 0 Å². The Balaban J connectivity index is 1.06. The van der Waals surface area contributed by atoms with E-state index >= 15 is 0 Å². The summed E-state index contributed by atoms with van der Waals surface area (Å²) < 4.78 is 32.2. The first kappa shape index (κ1) is 35.4. The number of furan rings is 1. The van der Waals surface area contributed by atoms with Crippen molar-refractivity contribution in [2.45, 2.75) is 140 Å². The molecule has 8 fully saturated rings. The number of hydrogen-bond donors (Lipinski definition) is 4. The van der Waals surface area contributed by atoms with E-state index in [0.717, 1.165) is 57.3 Å². The van der Waals surface area contributed by atoms with Gasteiger partial charge in [0.1, 0.15) is 30.2 Å². The van der Waals surface area contributed by atoms with E-state index in [2.05, 4.69) is 17.6 Å². The standard InChI is InChI=1S/C40H56N2O10/c1-35(2)28-27(44)29(45)37(4)26(39(28)20-49-34(47)38(33(39)52-35)13-7-8-14-38)11-15-36(3)30(50-32(46)31-40(36,37)51-31)24-12-16-48-25(24)17-22(19-43)9-5-6-10-23-18-41-21-42-23/h12,16,22-23,26,28-31,33,41-43,45H,5-11,13-15,17-21H2,1-4H3. The number of ketones is 1. The van der Waals surface area contributed by atoms with Gasteiger partial charge >= 0.3 is 11.9 Å². The van der Waals surface area contributed by atoms with Crippen LogP contribution < -0.4 is 10.6 Å². The highest BCUT2D eigenvalue weighted by Crippen LogP contribution is 2.81. The predicted molar refractivity (Wildman–Crippen MR) is 184 cm³/mol. The van der Waals surface area contributed by atoms with Crippen LogP contribution >= 0.6 is 0 Å². The maximum absolute atomic E-state index is 14.9. The van der Waals surface area contributed by atoms with Gasteiger partial charge in [0.15, 0.2) is 11.9 Å². The van der Waals surface area contributed by atoms with E-state index in [1.54, 1.807) is 6.26 Å². The third-order valence-electron chi connectivity index (χ3n) is 15.9. The van der Waals surface area contributed by atoms with Gasteiger partial charge in [-0.05, 0) is 70.3 Å². The van der Waals surface area contributed by atoms with Crippen LogP contribution in [0.15, 0.2) is 16.7 Å². The van der Waals surface area contributed by atoms with Crippen molar-refractivity contribution in [2.24, 2.45) is 39.4 Å². The average Bonchev–Trinajstić information content (AvgIpc) is 3.57. The molecule has 3 aliphatic carbocycles. The Morgan fingerprint density at radius 2 is 1.81 bits per heavy atom. The Hall–Kier alpha value is -2.35. The molecule has 5 saturated heterocycles. The smallest absolute Gasteiger partial charge is 0.339 e. The van der Waals surface area contributed by atoms with Gasteiger partial charge in [-0.1, -0.05) is 39.5 Å². The van der Waals surface area contributed by atoms with E-state index in [4.69, 9.17) is 23.4 Å². The summed E-state index contributed by atoms with van der Waals surface area (Å²) in [7, 11) is 0. The van der Waals surface area contributed by atoms with Crippen molar-refractivity contribution in [3.63, 3.8) is 0 Å². The topological polar surface area (TPSA) is 169 Å². The SMILES string of the molecule is CC1(C)OC2C3(CCCC3)C(=O)OCC23C1C(=O)C(O)C1(C)C3CCC2(C)C(c3ccoc3CC(CO)CCCCC3CNCN3)OC(=O)C3OC321. The summed E-state index contributed by atoms with van der Waals surface area (Å²) in [4.78, 5) is 42.5. The van der Waals surface area contributed by atoms with E-state index in [9.17, 15) is 24.6 Å². The third-order valence-corrected chi connectivity index (χ3v) is 15.9. The summed E-state index contributed by atoms with van der Waals surface area (Å²) >= 11 is 0. The van der Waals surface area contributed by atoms with Crippen LogP contribution in [0.25, 0.3) is 0 Å². The quantitative estimate of drug-likeness (QED) is 0.166. The molecule has 3 spiro atoms. The molecule has 12 nitrogen and oxygen atoms in total. The number of esters is 2. The lowest BCUT2D eigenvalue weighted by Gasteiger charge is -2.67. The second-order valence-electron chi connectivity index (χ2n) is 18.6. The monoisotopic (exact) mass is 724 g/mol. The lowest BCUT2D eigenvalue weighted by atomic mass is 9.35. The number of carbonyl (C=O) groups excluding carboxylic acids is 3. The van der Waals surface area contributed by atoms with Crippen LogP contribution in [0.3, 0.4) is 0 Å². The molecule has 1 aromatic rings. The number of Topliss-reactive ketones (excluding diaryl/α,β-unsaturated/α-hetero) is 1. The Morgan fingerprint density at radius 3 is 2.54 bits per heavy atom. The number of hydrogen-bond acceptors (Lipinski definition) is 12. The first-order chi connectivity index (χ1) is 24.8. The van der Waals surface area contributed by atoms with Crippen LogP contribution in [-0.2, 0) is 39.8 Å². The Kier molecular flexibility index (Phi) is 8.04. The summed E-state index contributed by atoms with van der Waals surface area (Å²) in [5.74, 6) is -1.44. The fraction of sp³-hybridized carbons (Fsp3) is 0.825. The molecule has 6 heterocycles. The van der Waals surface area contributed by atoms with Gasteiger partial charge in [0.05, 0.1) is 29.3 Å². The molecule has 8 aliphatic rings. The summed E-state index contributed by atoms with van der Waals surface area (Å²) in [6.45, 7) is 9.73. The molecule has 0 bridgehead atoms. The number of cyclic esters (lactones) is 2. The molecular weight excluding hydrogens is 668 g/mol. The minimum Gasteiger partial charge on any atom is -0.469 e. The fourth-order valence-electron chi connectivity index (χ4n) is 13.6. The molecule has 12 heteroatoms. The van der Waals surface area contributed by atoms with Crippen molar-refractivity contribution in [1.82, 2.24) is 10.6 Å². The molecule has 9 rings (SSSR count). The van der Waals surface area contributed by atoms with E-state index in [1.165, 1.54) is 0 Å². The van der Waals surface area contributed by atoms with Crippen LogP contribution in [0, 0.1) is 39.4 Å². The Labute approximate surface area is 305 Å². The van der Waals surface area contributed by atoms with Gasteiger partial charge in [0, 0.05) is 54.1 Å². The largest absolute Gasteiger partial charge is 0.469 e. The lowest BCUT2D eigenvalue weighted by Crippen LogP contribution is -2.77. The second kappa shape index (κ2) is 11.8. The molecular formula is C40H56N2O10. The highest BCUT2D eigenvalue weighted by Gasteiger charge is 2.91.